The Labute approximate surface area is 240 Å². The van der Waals surface area contributed by atoms with Crippen molar-refractivity contribution >= 4 is 40.9 Å². The van der Waals surface area contributed by atoms with Gasteiger partial charge in [-0.25, -0.2) is 0 Å². The largest absolute Gasteiger partial charge is 0.466 e. The van der Waals surface area contributed by atoms with Gasteiger partial charge in [0, 0.05) is 12.2 Å². The van der Waals surface area contributed by atoms with Gasteiger partial charge in [-0.2, -0.15) is 18.3 Å². The third kappa shape index (κ3) is 5.88. The molecule has 1 amide bonds. The van der Waals surface area contributed by atoms with Crippen molar-refractivity contribution in [1.82, 2.24) is 14.7 Å². The Morgan fingerprint density at radius 2 is 1.73 bits per heavy atom. The van der Waals surface area contributed by atoms with E-state index in [2.05, 4.69) is 5.10 Å². The van der Waals surface area contributed by atoms with Crippen LogP contribution in [0.15, 0.2) is 24.4 Å². The molecule has 40 heavy (non-hydrogen) atoms. The van der Waals surface area contributed by atoms with E-state index < -0.39 is 41.8 Å². The van der Waals surface area contributed by atoms with Crippen LogP contribution >= 0.6 is 23.2 Å². The van der Waals surface area contributed by atoms with Gasteiger partial charge >= 0.3 is 12.1 Å². The molecule has 12 heteroatoms. The molecule has 1 aromatic carbocycles. The summed E-state index contributed by atoms with van der Waals surface area (Å²) < 4.78 is 48.6. The number of hydrogen-bond acceptors (Lipinski definition) is 5. The number of carbonyl (C=O) groups is 3. The number of nitrogens with zero attached hydrogens (tertiary/aromatic N) is 3. The monoisotopic (exact) mass is 601 g/mol. The third-order valence-electron chi connectivity index (χ3n) is 8.26. The lowest BCUT2D eigenvalue weighted by Gasteiger charge is -2.35. The molecule has 2 aliphatic rings. The summed E-state index contributed by atoms with van der Waals surface area (Å²) in [4.78, 5) is 40.2. The molecule has 0 saturated heterocycles. The van der Waals surface area contributed by atoms with Crippen LogP contribution in [0, 0.1) is 17.8 Å². The quantitative estimate of drug-likeness (QED) is 0.232. The van der Waals surface area contributed by atoms with Crippen molar-refractivity contribution in [3.05, 3.63) is 51.3 Å². The molecule has 7 nitrogen and oxygen atoms in total. The van der Waals surface area contributed by atoms with Crippen LogP contribution < -0.4 is 0 Å². The van der Waals surface area contributed by atoms with Crippen LogP contribution in [0.25, 0.3) is 0 Å². The highest BCUT2D eigenvalue weighted by Crippen LogP contribution is 2.58. The molecular formula is C28H32Cl2F3N3O4. The summed E-state index contributed by atoms with van der Waals surface area (Å²) in [7, 11) is 0. The fourth-order valence-electron chi connectivity index (χ4n) is 5.43. The van der Waals surface area contributed by atoms with E-state index in [9.17, 15) is 27.6 Å². The molecule has 2 aliphatic carbocycles. The summed E-state index contributed by atoms with van der Waals surface area (Å²) in [5, 5.41) is 4.51. The molecule has 2 saturated carbocycles. The number of ketones is 1. The Balaban J connectivity index is 1.57. The van der Waals surface area contributed by atoms with Crippen LogP contribution in [0.1, 0.15) is 84.8 Å². The van der Waals surface area contributed by atoms with E-state index >= 15 is 0 Å². The minimum atomic E-state index is -4.52. The SMILES string of the molecule is CCOC(=O)[C@]1(C)CC[C@@H](n2ncc(C(=O)N(CC(=O)c3c(Cl)cccc3Cl)CC3(C(F)(F)F)CC3)c2C)CC1. The average Bonchev–Trinajstić information content (AvgIpc) is 3.59. The number of Topliss-reactive ketones (excluding diaryl/α,β-unsaturated/α-hetero) is 1. The van der Waals surface area contributed by atoms with E-state index in [4.69, 9.17) is 27.9 Å². The first-order valence-corrected chi connectivity index (χ1v) is 14.0. The molecule has 0 aliphatic heterocycles. The number of alkyl halides is 3. The zero-order valence-electron chi connectivity index (χ0n) is 22.6. The number of aromatic nitrogens is 2. The number of halogens is 5. The zero-order valence-corrected chi connectivity index (χ0v) is 24.1. The highest BCUT2D eigenvalue weighted by Gasteiger charge is 2.64. The Morgan fingerprint density at radius 1 is 1.12 bits per heavy atom. The third-order valence-corrected chi connectivity index (χ3v) is 8.89. The topological polar surface area (TPSA) is 81.5 Å². The Bertz CT molecular complexity index is 1280. The first-order valence-electron chi connectivity index (χ1n) is 13.3. The predicted molar refractivity (Wildman–Crippen MR) is 144 cm³/mol. The number of ether oxygens (including phenoxy) is 1. The fourth-order valence-corrected chi connectivity index (χ4v) is 6.04. The van der Waals surface area contributed by atoms with Gasteiger partial charge < -0.3 is 9.64 Å². The van der Waals surface area contributed by atoms with Gasteiger partial charge in [0.2, 0.25) is 0 Å². The number of benzene rings is 1. The average molecular weight is 602 g/mol. The van der Waals surface area contributed by atoms with Crippen molar-refractivity contribution in [2.75, 3.05) is 19.7 Å². The number of rotatable bonds is 9. The fraction of sp³-hybridized carbons (Fsp3) is 0.571. The standard InChI is InChI=1S/C28H32Cl2F3N3O4/c1-4-40-25(39)26(3)10-8-18(9-11-26)36-17(2)19(14-34-36)24(38)35(16-27(12-13-27)28(31,32)33)15-22(37)23-20(29)6-5-7-21(23)30/h5-7,14,18H,4,8-13,15-16H2,1-3H3/t18-,26-. The van der Waals surface area contributed by atoms with Gasteiger partial charge in [0.05, 0.1) is 57.4 Å². The first-order chi connectivity index (χ1) is 18.7. The molecule has 218 valence electrons. The maximum Gasteiger partial charge on any atom is 0.396 e. The maximum atomic E-state index is 13.9. The van der Waals surface area contributed by atoms with Gasteiger partial charge in [0.15, 0.2) is 5.78 Å². The summed E-state index contributed by atoms with van der Waals surface area (Å²) >= 11 is 12.3. The summed E-state index contributed by atoms with van der Waals surface area (Å²) in [5.41, 5.74) is -2.09. The summed E-state index contributed by atoms with van der Waals surface area (Å²) in [5.74, 6) is -1.61. The molecular weight excluding hydrogens is 570 g/mol. The number of hydrogen-bond donors (Lipinski definition) is 0. The molecule has 0 N–H and O–H groups in total. The van der Waals surface area contributed by atoms with Crippen molar-refractivity contribution in [2.45, 2.75) is 71.5 Å². The summed E-state index contributed by atoms with van der Waals surface area (Å²) in [6.07, 6.45) is -1.04. The molecule has 0 bridgehead atoms. The number of esters is 1. The molecule has 1 aromatic heterocycles. The lowest BCUT2D eigenvalue weighted by molar-refractivity contribution is -0.189. The van der Waals surface area contributed by atoms with Crippen LogP contribution in [-0.2, 0) is 9.53 Å². The van der Waals surface area contributed by atoms with Crippen molar-refractivity contribution in [1.29, 1.82) is 0 Å². The molecule has 4 rings (SSSR count). The second kappa shape index (κ2) is 11.4. The Morgan fingerprint density at radius 3 is 2.25 bits per heavy atom. The second-order valence-corrected chi connectivity index (χ2v) is 11.9. The van der Waals surface area contributed by atoms with Crippen LogP contribution in [0.4, 0.5) is 13.2 Å². The number of amides is 1. The van der Waals surface area contributed by atoms with E-state index in [-0.39, 0.29) is 46.0 Å². The van der Waals surface area contributed by atoms with Crippen LogP contribution in [-0.4, -0.2) is 58.2 Å². The zero-order chi connectivity index (χ0) is 29.5. The molecule has 0 spiro atoms. The Kier molecular flexibility index (Phi) is 8.62. The summed E-state index contributed by atoms with van der Waals surface area (Å²) in [6, 6.07) is 4.36. The van der Waals surface area contributed by atoms with Gasteiger partial charge in [-0.1, -0.05) is 29.3 Å². The molecule has 0 unspecified atom stereocenters. The van der Waals surface area contributed by atoms with Crippen LogP contribution in [0.3, 0.4) is 0 Å². The molecule has 1 heterocycles. The molecule has 2 fully saturated rings. The number of carbonyl (C=O) groups excluding carboxylic acids is 3. The molecule has 0 radical (unpaired) electrons. The van der Waals surface area contributed by atoms with Crippen molar-refractivity contribution in [2.24, 2.45) is 10.8 Å². The molecule has 0 atom stereocenters. The minimum absolute atomic E-state index is 0.0419. The predicted octanol–water partition coefficient (Wildman–Crippen LogP) is 6.85. The van der Waals surface area contributed by atoms with E-state index in [0.29, 0.717) is 38.0 Å². The lowest BCUT2D eigenvalue weighted by atomic mass is 9.74. The van der Waals surface area contributed by atoms with Gasteiger partial charge in [-0.15, -0.1) is 0 Å². The normalized spacial score (nSPS) is 22.1. The van der Waals surface area contributed by atoms with Crippen LogP contribution in [0.2, 0.25) is 10.0 Å². The van der Waals surface area contributed by atoms with Crippen LogP contribution in [0.5, 0.6) is 0 Å². The van der Waals surface area contributed by atoms with Crippen molar-refractivity contribution in [3.63, 3.8) is 0 Å². The van der Waals surface area contributed by atoms with E-state index in [1.807, 2.05) is 6.92 Å². The van der Waals surface area contributed by atoms with E-state index in [1.54, 1.807) is 24.6 Å². The smallest absolute Gasteiger partial charge is 0.396 e. The van der Waals surface area contributed by atoms with Crippen molar-refractivity contribution in [3.8, 4) is 0 Å². The summed E-state index contributed by atoms with van der Waals surface area (Å²) in [6.45, 7) is 4.35. The second-order valence-electron chi connectivity index (χ2n) is 11.1. The highest BCUT2D eigenvalue weighted by molar-refractivity contribution is 6.40. The minimum Gasteiger partial charge on any atom is -0.466 e. The highest BCUT2D eigenvalue weighted by atomic mass is 35.5. The van der Waals surface area contributed by atoms with Crippen molar-refractivity contribution < 1.29 is 32.3 Å². The first kappa shape index (κ1) is 30.4. The maximum absolute atomic E-state index is 13.9. The van der Waals surface area contributed by atoms with E-state index in [0.717, 1.165) is 4.90 Å². The molecule has 2 aromatic rings. The van der Waals surface area contributed by atoms with Gasteiger partial charge in [0.25, 0.3) is 5.91 Å². The Hall–Kier alpha value is -2.59. The van der Waals surface area contributed by atoms with Gasteiger partial charge in [-0.3, -0.25) is 19.1 Å². The lowest BCUT2D eigenvalue weighted by Crippen LogP contribution is -2.44. The van der Waals surface area contributed by atoms with Gasteiger partial charge in [0.1, 0.15) is 0 Å². The van der Waals surface area contributed by atoms with Gasteiger partial charge in [-0.05, 0) is 71.4 Å². The van der Waals surface area contributed by atoms with E-state index in [1.165, 1.54) is 18.3 Å².